The molecule has 1 spiro atoms. The van der Waals surface area contributed by atoms with E-state index in [9.17, 15) is 10.4 Å². The third-order valence-corrected chi connectivity index (χ3v) is 10.7. The van der Waals surface area contributed by atoms with E-state index < -0.39 is 11.0 Å². The van der Waals surface area contributed by atoms with Gasteiger partial charge < -0.3 is 25.0 Å². The van der Waals surface area contributed by atoms with Crippen LogP contribution in [-0.2, 0) is 18.3 Å². The number of fused-ring (bicyclic) bond motifs is 4. The van der Waals surface area contributed by atoms with Crippen molar-refractivity contribution in [2.75, 3.05) is 37.3 Å². The zero-order valence-electron chi connectivity index (χ0n) is 26.1. The Kier molecular flexibility index (Phi) is 7.29. The van der Waals surface area contributed by atoms with Gasteiger partial charge in [0.1, 0.15) is 18.0 Å². The molecule has 2 aliphatic carbocycles. The highest BCUT2D eigenvalue weighted by Crippen LogP contribution is 2.54. The van der Waals surface area contributed by atoms with Gasteiger partial charge in [-0.05, 0) is 109 Å². The largest absolute Gasteiger partial charge is 0.473 e. The molecule has 0 saturated carbocycles. The number of nitrogen functional groups attached to an aromatic ring is 1. The lowest BCUT2D eigenvalue weighted by molar-refractivity contribution is 0.0481. The molecule has 1 aromatic carbocycles. The number of aliphatic hydroxyl groups is 1. The predicted octanol–water partition coefficient (Wildman–Crippen LogP) is 4.76. The minimum Gasteiger partial charge on any atom is -0.473 e. The summed E-state index contributed by atoms with van der Waals surface area (Å²) in [6.07, 6.45) is 8.87. The van der Waals surface area contributed by atoms with Crippen molar-refractivity contribution in [1.82, 2.24) is 20.0 Å². The van der Waals surface area contributed by atoms with Crippen LogP contribution in [0, 0.1) is 11.3 Å². The molecular formula is C34H43N7O3. The molecule has 4 unspecified atom stereocenters. The number of nitriles is 1. The van der Waals surface area contributed by atoms with E-state index in [1.807, 2.05) is 19.1 Å². The topological polar surface area (TPSA) is 138 Å². The van der Waals surface area contributed by atoms with E-state index in [-0.39, 0.29) is 6.10 Å². The molecule has 4 atom stereocenters. The summed E-state index contributed by atoms with van der Waals surface area (Å²) < 4.78 is 12.8. The molecule has 0 bridgehead atoms. The lowest BCUT2D eigenvalue weighted by atomic mass is 9.68. The molecule has 3 N–H and O–H groups in total. The highest BCUT2D eigenvalue weighted by molar-refractivity contribution is 5.68. The van der Waals surface area contributed by atoms with Gasteiger partial charge in [0.2, 0.25) is 5.88 Å². The molecule has 3 aromatic rings. The van der Waals surface area contributed by atoms with Gasteiger partial charge >= 0.3 is 0 Å². The van der Waals surface area contributed by atoms with E-state index in [1.54, 1.807) is 0 Å². The molecule has 2 saturated heterocycles. The maximum absolute atomic E-state index is 10.8. The van der Waals surface area contributed by atoms with Crippen LogP contribution in [0.3, 0.4) is 0 Å². The molecule has 7 rings (SSSR count). The van der Waals surface area contributed by atoms with Crippen LogP contribution >= 0.6 is 0 Å². The van der Waals surface area contributed by atoms with Crippen molar-refractivity contribution < 1.29 is 14.4 Å². The van der Waals surface area contributed by atoms with Gasteiger partial charge in [-0.2, -0.15) is 10.2 Å². The molecule has 4 heterocycles. The number of hydrogen-bond donors (Lipinski definition) is 2. The van der Waals surface area contributed by atoms with Crippen LogP contribution in [0.15, 0.2) is 22.7 Å². The highest BCUT2D eigenvalue weighted by Gasteiger charge is 2.49. The molecule has 2 aromatic heterocycles. The summed E-state index contributed by atoms with van der Waals surface area (Å²) in [6, 6.07) is 8.56. The predicted molar refractivity (Wildman–Crippen MR) is 168 cm³/mol. The second-order valence-corrected chi connectivity index (χ2v) is 13.7. The molecule has 44 heavy (non-hydrogen) atoms. The van der Waals surface area contributed by atoms with E-state index in [0.29, 0.717) is 47.7 Å². The molecule has 0 amide bonds. The number of anilines is 2. The zero-order chi connectivity index (χ0) is 30.6. The number of aryl methyl sites for hydroxylation is 1. The van der Waals surface area contributed by atoms with Crippen LogP contribution in [0.5, 0.6) is 5.88 Å². The fraction of sp³-hybridized carbons (Fsp3) is 0.588. The quantitative estimate of drug-likeness (QED) is 0.396. The van der Waals surface area contributed by atoms with Crippen molar-refractivity contribution in [2.45, 2.75) is 101 Å². The number of aromatic nitrogens is 3. The average Bonchev–Trinajstić information content (AvgIpc) is 3.70. The Morgan fingerprint density at radius 1 is 1.11 bits per heavy atom. The van der Waals surface area contributed by atoms with E-state index in [0.717, 1.165) is 93.6 Å². The SMILES string of the molecule is CC(Oc1cc(N2CCCC(C)(O)CC2)nc(-c2noc3c2CCCC32CCc3ccc(N)c(C#N)c32)n1)C1CCCN1C. The molecule has 2 aliphatic heterocycles. The Bertz CT molecular complexity index is 1610. The maximum atomic E-state index is 10.8. The number of likely N-dealkylation sites (tertiary alicyclic amines) is 1. The normalized spacial score (nSPS) is 27.5. The van der Waals surface area contributed by atoms with Crippen LogP contribution in [-0.4, -0.2) is 69.6 Å². The van der Waals surface area contributed by atoms with Crippen LogP contribution in [0.4, 0.5) is 11.5 Å². The number of nitrogens with two attached hydrogens (primary N) is 1. The van der Waals surface area contributed by atoms with Crippen LogP contribution in [0.1, 0.15) is 93.2 Å². The Balaban J connectivity index is 1.30. The van der Waals surface area contributed by atoms with Crippen molar-refractivity contribution in [3.05, 3.63) is 46.2 Å². The van der Waals surface area contributed by atoms with Crippen molar-refractivity contribution in [3.63, 3.8) is 0 Å². The Hall–Kier alpha value is -3.68. The van der Waals surface area contributed by atoms with E-state index in [1.165, 1.54) is 5.56 Å². The number of likely N-dealkylation sites (N-methyl/N-ethyl adjacent to an activating group) is 1. The third-order valence-electron chi connectivity index (χ3n) is 10.7. The molecule has 0 radical (unpaired) electrons. The monoisotopic (exact) mass is 597 g/mol. The third kappa shape index (κ3) is 4.90. The van der Waals surface area contributed by atoms with Crippen molar-refractivity contribution in [3.8, 4) is 23.5 Å². The summed E-state index contributed by atoms with van der Waals surface area (Å²) >= 11 is 0. The molecule has 232 valence electrons. The van der Waals surface area contributed by atoms with E-state index in [4.69, 9.17) is 25.0 Å². The first kappa shape index (κ1) is 29.1. The molecular weight excluding hydrogens is 554 g/mol. The molecule has 10 nitrogen and oxygen atoms in total. The fourth-order valence-corrected chi connectivity index (χ4v) is 8.29. The first-order valence-electron chi connectivity index (χ1n) is 16.2. The van der Waals surface area contributed by atoms with Crippen molar-refractivity contribution in [2.24, 2.45) is 0 Å². The number of rotatable bonds is 5. The molecule has 2 fully saturated rings. The number of benzene rings is 1. The lowest BCUT2D eigenvalue weighted by Gasteiger charge is -2.33. The number of nitrogens with zero attached hydrogens (tertiary/aromatic N) is 6. The van der Waals surface area contributed by atoms with Crippen molar-refractivity contribution >= 4 is 11.5 Å². The van der Waals surface area contributed by atoms with Gasteiger partial charge in [0.05, 0.1) is 16.6 Å². The summed E-state index contributed by atoms with van der Waals surface area (Å²) in [5.74, 6) is 2.63. The fourth-order valence-electron chi connectivity index (χ4n) is 8.29. The maximum Gasteiger partial charge on any atom is 0.219 e. The molecule has 10 heteroatoms. The minimum atomic E-state index is -0.686. The van der Waals surface area contributed by atoms with Crippen LogP contribution in [0.2, 0.25) is 0 Å². The summed E-state index contributed by atoms with van der Waals surface area (Å²) in [5, 5.41) is 25.5. The summed E-state index contributed by atoms with van der Waals surface area (Å²) in [6.45, 7) is 6.59. The van der Waals surface area contributed by atoms with Crippen molar-refractivity contribution in [1.29, 1.82) is 5.26 Å². The van der Waals surface area contributed by atoms with E-state index in [2.05, 4.69) is 41.1 Å². The number of hydrogen-bond acceptors (Lipinski definition) is 10. The van der Waals surface area contributed by atoms with Gasteiger partial charge in [-0.25, -0.2) is 4.98 Å². The van der Waals surface area contributed by atoms with Gasteiger partial charge in [0.15, 0.2) is 17.3 Å². The zero-order valence-corrected chi connectivity index (χ0v) is 26.1. The first-order valence-corrected chi connectivity index (χ1v) is 16.2. The average molecular weight is 598 g/mol. The van der Waals surface area contributed by atoms with Crippen LogP contribution in [0.25, 0.3) is 11.5 Å². The second-order valence-electron chi connectivity index (χ2n) is 13.7. The molecule has 4 aliphatic rings. The minimum absolute atomic E-state index is 0.0395. The Labute approximate surface area is 259 Å². The standard InChI is InChI=1S/C34H43N7O3/c1-21(26-8-5-16-40(26)3)43-28-19-27(41-17-6-12-33(2,42)15-18-41)37-32(38-28)30-23-7-4-13-34(31(23)44-39-30)14-11-22-9-10-25(36)24(20-35)29(22)34/h9-10,19,21,26,42H,4-8,11-18,36H2,1-3H3. The summed E-state index contributed by atoms with van der Waals surface area (Å²) in [7, 11) is 2.15. The Morgan fingerprint density at radius 2 is 1.98 bits per heavy atom. The lowest BCUT2D eigenvalue weighted by Crippen LogP contribution is -2.38. The van der Waals surface area contributed by atoms with Gasteiger partial charge in [-0.1, -0.05) is 11.2 Å². The second kappa shape index (κ2) is 11.0. The van der Waals surface area contributed by atoms with E-state index >= 15 is 0 Å². The van der Waals surface area contributed by atoms with Crippen LogP contribution < -0.4 is 15.4 Å². The smallest absolute Gasteiger partial charge is 0.219 e. The number of ether oxygens (including phenoxy) is 1. The van der Waals surface area contributed by atoms with Gasteiger partial charge in [0.25, 0.3) is 0 Å². The van der Waals surface area contributed by atoms with Gasteiger partial charge in [-0.3, -0.25) is 4.90 Å². The Morgan fingerprint density at radius 3 is 2.77 bits per heavy atom. The summed E-state index contributed by atoms with van der Waals surface area (Å²) in [4.78, 5) is 14.6. The van der Waals surface area contributed by atoms with Gasteiger partial charge in [0, 0.05) is 36.4 Å². The summed E-state index contributed by atoms with van der Waals surface area (Å²) in [5.41, 5.74) is 10.1. The van der Waals surface area contributed by atoms with Gasteiger partial charge in [-0.15, -0.1) is 0 Å². The first-order chi connectivity index (χ1) is 21.2. The highest BCUT2D eigenvalue weighted by atomic mass is 16.5.